The van der Waals surface area contributed by atoms with Crippen molar-refractivity contribution >= 4 is 18.3 Å². The van der Waals surface area contributed by atoms with Crippen molar-refractivity contribution in [2.45, 2.75) is 44.6 Å². The number of nitriles is 1. The van der Waals surface area contributed by atoms with Crippen molar-refractivity contribution in [3.8, 4) is 6.07 Å². The smallest absolute Gasteiger partial charge is 0.423 e. The van der Waals surface area contributed by atoms with Gasteiger partial charge in [0.2, 0.25) is 0 Å². The fraction of sp³-hybridized carbons (Fsp3) is 0.500. The van der Waals surface area contributed by atoms with E-state index in [9.17, 15) is 10.0 Å². The maximum atomic E-state index is 9.21. The van der Waals surface area contributed by atoms with Gasteiger partial charge in [-0.1, -0.05) is 31.7 Å². The summed E-state index contributed by atoms with van der Waals surface area (Å²) >= 11 is 0. The molecule has 0 aliphatic heterocycles. The van der Waals surface area contributed by atoms with Crippen molar-refractivity contribution in [1.29, 1.82) is 5.26 Å². The molecule has 4 nitrogen and oxygen atoms in total. The zero-order chi connectivity index (χ0) is 13.7. The second kappa shape index (κ2) is 6.60. The Morgan fingerprint density at radius 2 is 1.84 bits per heavy atom. The number of anilines is 1. The van der Waals surface area contributed by atoms with Crippen LogP contribution in [0.2, 0.25) is 0 Å². The molecule has 0 aromatic heterocycles. The number of benzene rings is 1. The van der Waals surface area contributed by atoms with E-state index in [0.29, 0.717) is 22.8 Å². The van der Waals surface area contributed by atoms with Crippen molar-refractivity contribution in [1.82, 2.24) is 0 Å². The first-order chi connectivity index (χ1) is 9.20. The summed E-state index contributed by atoms with van der Waals surface area (Å²) in [5.74, 6) is 0. The Morgan fingerprint density at radius 1 is 1.16 bits per heavy atom. The Hall–Kier alpha value is -1.51. The van der Waals surface area contributed by atoms with Crippen LogP contribution in [0.15, 0.2) is 18.2 Å². The van der Waals surface area contributed by atoms with Crippen molar-refractivity contribution in [3.63, 3.8) is 0 Å². The minimum absolute atomic E-state index is 0.376. The third-order valence-corrected chi connectivity index (χ3v) is 3.68. The van der Waals surface area contributed by atoms with Crippen LogP contribution in [-0.2, 0) is 0 Å². The highest BCUT2D eigenvalue weighted by Gasteiger charge is 2.17. The summed E-state index contributed by atoms with van der Waals surface area (Å²) in [7, 11) is -1.50. The molecule has 0 saturated heterocycles. The lowest BCUT2D eigenvalue weighted by Crippen LogP contribution is -2.30. The molecule has 1 aliphatic rings. The first kappa shape index (κ1) is 13.9. The molecule has 0 atom stereocenters. The Kier molecular flexibility index (Phi) is 4.83. The molecule has 0 amide bonds. The van der Waals surface area contributed by atoms with E-state index in [1.807, 2.05) is 0 Å². The third-order valence-electron chi connectivity index (χ3n) is 3.68. The van der Waals surface area contributed by atoms with Crippen LogP contribution in [0.4, 0.5) is 5.69 Å². The van der Waals surface area contributed by atoms with Gasteiger partial charge in [0.05, 0.1) is 11.3 Å². The highest BCUT2D eigenvalue weighted by Crippen LogP contribution is 2.22. The summed E-state index contributed by atoms with van der Waals surface area (Å²) < 4.78 is 0. The van der Waals surface area contributed by atoms with Gasteiger partial charge in [-0.2, -0.15) is 5.26 Å². The van der Waals surface area contributed by atoms with Crippen molar-refractivity contribution in [3.05, 3.63) is 23.8 Å². The first-order valence-electron chi connectivity index (χ1n) is 6.87. The monoisotopic (exact) mass is 258 g/mol. The molecule has 5 heteroatoms. The lowest BCUT2D eigenvalue weighted by molar-refractivity contribution is 0.426. The molecule has 100 valence electrons. The van der Waals surface area contributed by atoms with Crippen LogP contribution in [0.1, 0.15) is 44.1 Å². The van der Waals surface area contributed by atoms with Crippen LogP contribution in [0, 0.1) is 11.3 Å². The van der Waals surface area contributed by atoms with E-state index in [0.717, 1.165) is 12.8 Å². The van der Waals surface area contributed by atoms with E-state index >= 15 is 0 Å². The fourth-order valence-electron chi connectivity index (χ4n) is 2.58. The second-order valence-electron chi connectivity index (χ2n) is 5.12. The summed E-state index contributed by atoms with van der Waals surface area (Å²) in [6.07, 6.45) is 7.19. The Labute approximate surface area is 114 Å². The molecule has 2 rings (SSSR count). The topological polar surface area (TPSA) is 76.3 Å². The van der Waals surface area contributed by atoms with Crippen LogP contribution in [0.25, 0.3) is 0 Å². The molecule has 1 aromatic carbocycles. The summed E-state index contributed by atoms with van der Waals surface area (Å²) in [5.41, 5.74) is 1.67. The SMILES string of the molecule is N#Cc1ccc(B(O)O)cc1NC1CCCCCC1. The van der Waals surface area contributed by atoms with Crippen molar-refractivity contribution in [2.24, 2.45) is 0 Å². The summed E-state index contributed by atoms with van der Waals surface area (Å²) in [5, 5.41) is 30.9. The van der Waals surface area contributed by atoms with E-state index in [2.05, 4.69) is 11.4 Å². The molecule has 0 spiro atoms. The zero-order valence-corrected chi connectivity index (χ0v) is 11.0. The van der Waals surface area contributed by atoms with Crippen molar-refractivity contribution < 1.29 is 10.0 Å². The molecule has 1 fully saturated rings. The molecule has 3 N–H and O–H groups in total. The molecule has 0 radical (unpaired) electrons. The van der Waals surface area contributed by atoms with Gasteiger partial charge in [0, 0.05) is 6.04 Å². The van der Waals surface area contributed by atoms with Crippen LogP contribution < -0.4 is 10.8 Å². The molecule has 0 unspecified atom stereocenters. The van der Waals surface area contributed by atoms with E-state index in [1.54, 1.807) is 18.2 Å². The van der Waals surface area contributed by atoms with Crippen molar-refractivity contribution in [2.75, 3.05) is 5.32 Å². The van der Waals surface area contributed by atoms with Crippen LogP contribution in [-0.4, -0.2) is 23.2 Å². The van der Waals surface area contributed by atoms with E-state index in [1.165, 1.54) is 25.7 Å². The van der Waals surface area contributed by atoms with Crippen LogP contribution in [0.3, 0.4) is 0 Å². The van der Waals surface area contributed by atoms with Gasteiger partial charge in [0.25, 0.3) is 0 Å². The van der Waals surface area contributed by atoms with Gasteiger partial charge in [-0.15, -0.1) is 0 Å². The van der Waals surface area contributed by atoms with E-state index < -0.39 is 7.12 Å². The van der Waals surface area contributed by atoms with Crippen LogP contribution in [0.5, 0.6) is 0 Å². The van der Waals surface area contributed by atoms with Gasteiger partial charge in [0.1, 0.15) is 6.07 Å². The summed E-state index contributed by atoms with van der Waals surface area (Å²) in [4.78, 5) is 0. The van der Waals surface area contributed by atoms with E-state index in [4.69, 9.17) is 5.26 Å². The quantitative estimate of drug-likeness (QED) is 0.565. The molecule has 0 heterocycles. The molecule has 1 saturated carbocycles. The molecular weight excluding hydrogens is 239 g/mol. The Bertz CT molecular complexity index is 463. The number of nitrogens with zero attached hydrogens (tertiary/aromatic N) is 1. The molecule has 0 bridgehead atoms. The fourth-order valence-corrected chi connectivity index (χ4v) is 2.58. The lowest BCUT2D eigenvalue weighted by atomic mass is 9.79. The van der Waals surface area contributed by atoms with E-state index in [-0.39, 0.29) is 0 Å². The predicted octanol–water partition coefficient (Wildman–Crippen LogP) is 1.37. The maximum Gasteiger partial charge on any atom is 0.488 e. The highest BCUT2D eigenvalue weighted by molar-refractivity contribution is 6.58. The van der Waals surface area contributed by atoms with Gasteiger partial charge in [-0.3, -0.25) is 0 Å². The van der Waals surface area contributed by atoms with Gasteiger partial charge >= 0.3 is 7.12 Å². The molecule has 19 heavy (non-hydrogen) atoms. The average molecular weight is 258 g/mol. The summed E-state index contributed by atoms with van der Waals surface area (Å²) in [6, 6.07) is 7.38. The summed E-state index contributed by atoms with van der Waals surface area (Å²) in [6.45, 7) is 0. The largest absolute Gasteiger partial charge is 0.488 e. The standard InChI is InChI=1S/C14H19BN2O2/c16-10-11-7-8-12(15(18)19)9-14(11)17-13-5-3-1-2-4-6-13/h7-9,13,17-19H,1-6H2. The van der Waals surface area contributed by atoms with Gasteiger partial charge < -0.3 is 15.4 Å². The zero-order valence-electron chi connectivity index (χ0n) is 11.0. The Morgan fingerprint density at radius 3 is 2.42 bits per heavy atom. The third kappa shape index (κ3) is 3.73. The lowest BCUT2D eigenvalue weighted by Gasteiger charge is -2.19. The normalized spacial score (nSPS) is 16.5. The van der Waals surface area contributed by atoms with Gasteiger partial charge in [-0.25, -0.2) is 0 Å². The predicted molar refractivity (Wildman–Crippen MR) is 76.1 cm³/mol. The number of rotatable bonds is 3. The first-order valence-corrected chi connectivity index (χ1v) is 6.87. The minimum Gasteiger partial charge on any atom is -0.423 e. The van der Waals surface area contributed by atoms with Gasteiger partial charge in [0.15, 0.2) is 0 Å². The number of hydrogen-bond donors (Lipinski definition) is 3. The molecule has 1 aromatic rings. The number of hydrogen-bond acceptors (Lipinski definition) is 4. The molecular formula is C14H19BN2O2. The molecule has 1 aliphatic carbocycles. The highest BCUT2D eigenvalue weighted by atomic mass is 16.4. The minimum atomic E-state index is -1.50. The second-order valence-corrected chi connectivity index (χ2v) is 5.12. The Balaban J connectivity index is 2.17. The number of nitrogens with one attached hydrogen (secondary N) is 1. The van der Waals surface area contributed by atoms with Gasteiger partial charge in [-0.05, 0) is 30.4 Å². The van der Waals surface area contributed by atoms with Crippen LogP contribution >= 0.6 is 0 Å². The maximum absolute atomic E-state index is 9.21. The average Bonchev–Trinajstić information content (AvgIpc) is 2.67.